The van der Waals surface area contributed by atoms with Crippen LogP contribution in [0.5, 0.6) is 0 Å². The molecule has 0 saturated carbocycles. The molecule has 0 fully saturated rings. The van der Waals surface area contributed by atoms with Crippen molar-refractivity contribution in [2.24, 2.45) is 0 Å². The molecule has 3 aromatic rings. The van der Waals surface area contributed by atoms with Crippen LogP contribution in [0.15, 0.2) is 48.7 Å². The summed E-state index contributed by atoms with van der Waals surface area (Å²) in [6, 6.07) is 6.06. The maximum atomic E-state index is 14.5. The molecule has 0 aliphatic rings. The number of benzene rings is 2. The Balaban J connectivity index is 2.11. The number of nitrogens with one attached hydrogen (secondary N) is 2. The summed E-state index contributed by atoms with van der Waals surface area (Å²) in [5, 5.41) is 28.0. The number of aromatic nitrogens is 1. The Morgan fingerprint density at radius 1 is 1.00 bits per heavy atom. The fourth-order valence-corrected chi connectivity index (χ4v) is 3.29. The summed E-state index contributed by atoms with van der Waals surface area (Å²) in [7, 11) is 0. The number of pyridine rings is 1. The number of rotatable bonds is 6. The second-order valence-electron chi connectivity index (χ2n) is 6.91. The predicted molar refractivity (Wildman–Crippen MR) is 115 cm³/mol. The van der Waals surface area contributed by atoms with Crippen molar-refractivity contribution in [1.82, 2.24) is 4.98 Å². The number of aromatic carboxylic acids is 2. The van der Waals surface area contributed by atoms with Crippen LogP contribution in [0.3, 0.4) is 0 Å². The number of halogens is 5. The van der Waals surface area contributed by atoms with Crippen molar-refractivity contribution >= 4 is 40.8 Å². The standard InChI is InChI=1S/C22H12ClF4N3O5/c23-13-3-1-2-12(22(25,26)27)16(13)19(31)30-15-7-10(21(34)35)8-29-18(15)17(28)11-5-4-9(20(32)33)6-14(11)24/h1-8,28H,(H,30,31)(H,32,33)(H,34,35). The minimum atomic E-state index is -4.96. The molecule has 35 heavy (non-hydrogen) atoms. The Morgan fingerprint density at radius 3 is 2.23 bits per heavy atom. The van der Waals surface area contributed by atoms with E-state index in [9.17, 15) is 37.1 Å². The second kappa shape index (κ2) is 9.50. The van der Waals surface area contributed by atoms with Crippen molar-refractivity contribution in [3.05, 3.63) is 93.0 Å². The highest BCUT2D eigenvalue weighted by atomic mass is 35.5. The van der Waals surface area contributed by atoms with Crippen molar-refractivity contribution < 1.29 is 42.2 Å². The van der Waals surface area contributed by atoms with Crippen LogP contribution in [-0.4, -0.2) is 38.8 Å². The van der Waals surface area contributed by atoms with Gasteiger partial charge in [-0.05, 0) is 36.4 Å². The Hall–Kier alpha value is -4.32. The molecule has 0 bridgehead atoms. The molecule has 0 aliphatic carbocycles. The molecule has 1 heterocycles. The van der Waals surface area contributed by atoms with Gasteiger partial charge in [0, 0.05) is 11.8 Å². The molecule has 8 nitrogen and oxygen atoms in total. The summed E-state index contributed by atoms with van der Waals surface area (Å²) in [6.07, 6.45) is -4.16. The lowest BCUT2D eigenvalue weighted by Gasteiger charge is -2.16. The van der Waals surface area contributed by atoms with Gasteiger partial charge in [-0.3, -0.25) is 15.2 Å². The quantitative estimate of drug-likeness (QED) is 0.273. The molecule has 2 aromatic carbocycles. The average Bonchev–Trinajstić information content (AvgIpc) is 2.77. The summed E-state index contributed by atoms with van der Waals surface area (Å²) in [5.74, 6) is -5.46. The maximum absolute atomic E-state index is 14.5. The van der Waals surface area contributed by atoms with Gasteiger partial charge in [0.05, 0.1) is 38.7 Å². The first-order valence-corrected chi connectivity index (χ1v) is 9.71. The van der Waals surface area contributed by atoms with Gasteiger partial charge in [-0.2, -0.15) is 13.2 Å². The number of carbonyl (C=O) groups excluding carboxylic acids is 1. The number of anilines is 1. The molecular weight excluding hydrogens is 498 g/mol. The van der Waals surface area contributed by atoms with Gasteiger partial charge in [0.2, 0.25) is 0 Å². The summed E-state index contributed by atoms with van der Waals surface area (Å²) >= 11 is 5.83. The molecule has 0 saturated heterocycles. The molecule has 0 aliphatic heterocycles. The minimum Gasteiger partial charge on any atom is -0.478 e. The molecule has 13 heteroatoms. The highest BCUT2D eigenvalue weighted by molar-refractivity contribution is 6.34. The molecule has 0 spiro atoms. The van der Waals surface area contributed by atoms with Gasteiger partial charge in [0.25, 0.3) is 5.91 Å². The maximum Gasteiger partial charge on any atom is 0.417 e. The van der Waals surface area contributed by atoms with Crippen LogP contribution in [-0.2, 0) is 6.18 Å². The first-order valence-electron chi connectivity index (χ1n) is 9.33. The second-order valence-corrected chi connectivity index (χ2v) is 7.32. The van der Waals surface area contributed by atoms with Crippen LogP contribution >= 0.6 is 11.6 Å². The van der Waals surface area contributed by atoms with Gasteiger partial charge in [-0.15, -0.1) is 0 Å². The minimum absolute atomic E-state index is 0.417. The Bertz CT molecular complexity index is 1390. The van der Waals surface area contributed by atoms with Gasteiger partial charge >= 0.3 is 18.1 Å². The Kier molecular flexibility index (Phi) is 6.87. The van der Waals surface area contributed by atoms with Crippen LogP contribution in [0.4, 0.5) is 23.2 Å². The predicted octanol–water partition coefficient (Wildman–Crippen LogP) is 4.96. The number of hydrogen-bond acceptors (Lipinski definition) is 5. The third-order valence-corrected chi connectivity index (χ3v) is 4.97. The number of alkyl halides is 3. The number of amides is 1. The molecule has 1 amide bonds. The van der Waals surface area contributed by atoms with Crippen molar-refractivity contribution in [3.63, 3.8) is 0 Å². The lowest BCUT2D eigenvalue weighted by Crippen LogP contribution is -2.22. The summed E-state index contributed by atoms with van der Waals surface area (Å²) in [4.78, 5) is 38.9. The first kappa shape index (κ1) is 25.3. The van der Waals surface area contributed by atoms with Gasteiger partial charge in [0.15, 0.2) is 0 Å². The highest BCUT2D eigenvalue weighted by Gasteiger charge is 2.36. The highest BCUT2D eigenvalue weighted by Crippen LogP contribution is 2.35. The van der Waals surface area contributed by atoms with E-state index in [2.05, 4.69) is 10.3 Å². The van der Waals surface area contributed by atoms with Crippen LogP contribution in [0.25, 0.3) is 0 Å². The van der Waals surface area contributed by atoms with Gasteiger partial charge in [-0.25, -0.2) is 14.0 Å². The zero-order valence-electron chi connectivity index (χ0n) is 17.1. The van der Waals surface area contributed by atoms with E-state index in [-0.39, 0.29) is 0 Å². The zero-order chi connectivity index (χ0) is 26.1. The fraction of sp³-hybridized carbons (Fsp3) is 0.0455. The monoisotopic (exact) mass is 509 g/mol. The number of nitrogens with zero attached hydrogens (tertiary/aromatic N) is 1. The lowest BCUT2D eigenvalue weighted by molar-refractivity contribution is -0.137. The van der Waals surface area contributed by atoms with E-state index >= 15 is 0 Å². The number of carboxylic acids is 2. The Labute approximate surface area is 198 Å². The van der Waals surface area contributed by atoms with E-state index in [0.717, 1.165) is 36.5 Å². The molecule has 3 rings (SSSR count). The van der Waals surface area contributed by atoms with Crippen LogP contribution < -0.4 is 5.32 Å². The molecule has 0 atom stereocenters. The molecule has 4 N–H and O–H groups in total. The van der Waals surface area contributed by atoms with E-state index in [1.165, 1.54) is 0 Å². The lowest BCUT2D eigenvalue weighted by atomic mass is 10.0. The van der Waals surface area contributed by atoms with Crippen molar-refractivity contribution in [2.75, 3.05) is 5.32 Å². The van der Waals surface area contributed by atoms with Gasteiger partial charge in [-0.1, -0.05) is 17.7 Å². The molecular formula is C22H12ClF4N3O5. The Morgan fingerprint density at radius 2 is 1.66 bits per heavy atom. The average molecular weight is 510 g/mol. The van der Waals surface area contributed by atoms with Crippen molar-refractivity contribution in [1.29, 1.82) is 5.41 Å². The number of hydrogen-bond donors (Lipinski definition) is 4. The van der Waals surface area contributed by atoms with E-state index in [4.69, 9.17) is 22.1 Å². The fourth-order valence-electron chi connectivity index (χ4n) is 3.03. The van der Waals surface area contributed by atoms with Crippen LogP contribution in [0.2, 0.25) is 5.02 Å². The largest absolute Gasteiger partial charge is 0.478 e. The first-order chi connectivity index (χ1) is 16.3. The van der Waals surface area contributed by atoms with Crippen molar-refractivity contribution in [2.45, 2.75) is 6.18 Å². The summed E-state index contributed by atoms with van der Waals surface area (Å²) < 4.78 is 54.7. The topological polar surface area (TPSA) is 140 Å². The van der Waals surface area contributed by atoms with Crippen LogP contribution in [0, 0.1) is 11.2 Å². The van der Waals surface area contributed by atoms with E-state index in [1.54, 1.807) is 0 Å². The van der Waals surface area contributed by atoms with E-state index < -0.39 is 79.8 Å². The van der Waals surface area contributed by atoms with E-state index in [0.29, 0.717) is 12.1 Å². The van der Waals surface area contributed by atoms with Crippen molar-refractivity contribution in [3.8, 4) is 0 Å². The molecule has 0 unspecified atom stereocenters. The van der Waals surface area contributed by atoms with E-state index in [1.807, 2.05) is 0 Å². The molecule has 0 radical (unpaired) electrons. The number of carbonyl (C=O) groups is 3. The smallest absolute Gasteiger partial charge is 0.417 e. The van der Waals surface area contributed by atoms with Gasteiger partial charge in [0.1, 0.15) is 11.5 Å². The number of carboxylic acid groups (broad SMARTS) is 2. The third kappa shape index (κ3) is 5.27. The normalized spacial score (nSPS) is 11.1. The van der Waals surface area contributed by atoms with Crippen LogP contribution in [0.1, 0.15) is 47.9 Å². The van der Waals surface area contributed by atoms with Gasteiger partial charge < -0.3 is 15.5 Å². The molecule has 1 aromatic heterocycles. The summed E-state index contributed by atoms with van der Waals surface area (Å²) in [5.41, 5.74) is -5.42. The summed E-state index contributed by atoms with van der Waals surface area (Å²) in [6.45, 7) is 0. The third-order valence-electron chi connectivity index (χ3n) is 4.65. The SMILES string of the molecule is N=C(c1ccc(C(=O)O)cc1F)c1ncc(C(=O)O)cc1NC(=O)c1c(Cl)cccc1C(F)(F)F. The zero-order valence-corrected chi connectivity index (χ0v) is 17.8. The molecule has 180 valence electrons.